The molecule has 1 aliphatic rings. The van der Waals surface area contributed by atoms with Crippen LogP contribution in [0.25, 0.3) is 0 Å². The highest BCUT2D eigenvalue weighted by atomic mass is 35.5. The molecule has 1 aliphatic heterocycles. The van der Waals surface area contributed by atoms with Crippen molar-refractivity contribution >= 4 is 29.6 Å². The Balaban J connectivity index is 0.00000147. The number of nitrogens with one attached hydrogen (secondary N) is 1. The standard InChI is InChI=1S/C16H17N3.ClH/c1-2-16-17-15-11-7-6-8-13(15)12-19(18-16)14-9-4-3-5-10-14;/h3-11H,2,12H2,1H3,(H,17,18);1H. The normalized spacial score (nSPS) is 13.4. The third-order valence-electron chi connectivity index (χ3n) is 3.24. The fourth-order valence-electron chi connectivity index (χ4n) is 2.21. The van der Waals surface area contributed by atoms with Gasteiger partial charge in [-0.25, -0.2) is 4.99 Å². The van der Waals surface area contributed by atoms with Crippen molar-refractivity contribution in [2.75, 3.05) is 5.01 Å². The Morgan fingerprint density at radius 1 is 1.05 bits per heavy atom. The van der Waals surface area contributed by atoms with E-state index in [2.05, 4.69) is 59.8 Å². The van der Waals surface area contributed by atoms with E-state index in [1.807, 2.05) is 12.1 Å². The second-order valence-corrected chi connectivity index (χ2v) is 4.57. The minimum Gasteiger partial charge on any atom is -0.285 e. The molecule has 0 fully saturated rings. The summed E-state index contributed by atoms with van der Waals surface area (Å²) in [5, 5.41) is 2.15. The van der Waals surface area contributed by atoms with Crippen LogP contribution in [-0.4, -0.2) is 5.84 Å². The predicted molar refractivity (Wildman–Crippen MR) is 86.8 cm³/mol. The molecule has 0 saturated carbocycles. The van der Waals surface area contributed by atoms with Gasteiger partial charge in [-0.15, -0.1) is 12.4 Å². The van der Waals surface area contributed by atoms with E-state index in [-0.39, 0.29) is 12.4 Å². The van der Waals surface area contributed by atoms with Crippen molar-refractivity contribution in [1.82, 2.24) is 5.43 Å². The molecule has 0 amide bonds. The fraction of sp³-hybridized carbons (Fsp3) is 0.188. The minimum absolute atomic E-state index is 0. The number of halogens is 1. The maximum Gasteiger partial charge on any atom is 0.121 e. The van der Waals surface area contributed by atoms with Crippen LogP contribution in [0, 0.1) is 0 Å². The summed E-state index contributed by atoms with van der Waals surface area (Å²) in [6.45, 7) is 2.93. The van der Waals surface area contributed by atoms with Crippen LogP contribution in [0.3, 0.4) is 0 Å². The van der Waals surface area contributed by atoms with E-state index in [4.69, 9.17) is 4.99 Å². The molecule has 0 bridgehead atoms. The molecule has 0 spiro atoms. The first-order valence-corrected chi connectivity index (χ1v) is 6.61. The number of aliphatic imine (C=N–C) groups is 1. The van der Waals surface area contributed by atoms with Gasteiger partial charge < -0.3 is 0 Å². The van der Waals surface area contributed by atoms with E-state index < -0.39 is 0 Å². The number of para-hydroxylation sites is 2. The van der Waals surface area contributed by atoms with E-state index in [0.717, 1.165) is 30.2 Å². The molecule has 1 N–H and O–H groups in total. The topological polar surface area (TPSA) is 27.6 Å². The van der Waals surface area contributed by atoms with Crippen LogP contribution in [0.1, 0.15) is 18.9 Å². The molecule has 0 radical (unpaired) electrons. The highest BCUT2D eigenvalue weighted by Gasteiger charge is 2.15. The van der Waals surface area contributed by atoms with Gasteiger partial charge >= 0.3 is 0 Å². The smallest absolute Gasteiger partial charge is 0.121 e. The summed E-state index contributed by atoms with van der Waals surface area (Å²) in [4.78, 5) is 4.70. The Morgan fingerprint density at radius 3 is 2.50 bits per heavy atom. The zero-order chi connectivity index (χ0) is 13.1. The average molecular weight is 288 g/mol. The van der Waals surface area contributed by atoms with Gasteiger partial charge in [0.05, 0.1) is 17.9 Å². The summed E-state index contributed by atoms with van der Waals surface area (Å²) in [6.07, 6.45) is 0.887. The van der Waals surface area contributed by atoms with E-state index in [9.17, 15) is 0 Å². The van der Waals surface area contributed by atoms with Crippen molar-refractivity contribution < 1.29 is 0 Å². The Hall–Kier alpha value is -2.00. The van der Waals surface area contributed by atoms with Gasteiger partial charge in [-0.2, -0.15) is 0 Å². The summed E-state index contributed by atoms with van der Waals surface area (Å²) in [6, 6.07) is 18.7. The summed E-state index contributed by atoms with van der Waals surface area (Å²) < 4.78 is 0. The van der Waals surface area contributed by atoms with Gasteiger partial charge in [0.25, 0.3) is 0 Å². The van der Waals surface area contributed by atoms with Crippen LogP contribution in [-0.2, 0) is 6.54 Å². The van der Waals surface area contributed by atoms with Gasteiger partial charge in [0.2, 0.25) is 0 Å². The molecule has 2 aromatic carbocycles. The highest BCUT2D eigenvalue weighted by Crippen LogP contribution is 2.25. The SMILES string of the molecule is CCC1=Nc2ccccc2CN(c2ccccc2)N1.Cl. The maximum atomic E-state index is 4.70. The molecule has 3 rings (SSSR count). The number of hydrogen-bond donors (Lipinski definition) is 1. The molecule has 1 heterocycles. The first kappa shape index (κ1) is 14.4. The monoisotopic (exact) mass is 287 g/mol. The minimum atomic E-state index is 0. The molecule has 4 heteroatoms. The number of benzene rings is 2. The Labute approximate surface area is 125 Å². The number of fused-ring (bicyclic) bond motifs is 1. The van der Waals surface area contributed by atoms with E-state index in [0.29, 0.717) is 0 Å². The fourth-order valence-corrected chi connectivity index (χ4v) is 2.21. The van der Waals surface area contributed by atoms with E-state index >= 15 is 0 Å². The van der Waals surface area contributed by atoms with Gasteiger partial charge in [0, 0.05) is 6.42 Å². The van der Waals surface area contributed by atoms with E-state index in [1.54, 1.807) is 0 Å². The summed E-state index contributed by atoms with van der Waals surface area (Å²) >= 11 is 0. The predicted octanol–water partition coefficient (Wildman–Crippen LogP) is 4.07. The number of rotatable bonds is 2. The number of anilines is 1. The lowest BCUT2D eigenvalue weighted by Crippen LogP contribution is -2.40. The molecule has 0 atom stereocenters. The highest BCUT2D eigenvalue weighted by molar-refractivity contribution is 5.87. The van der Waals surface area contributed by atoms with Crippen molar-refractivity contribution in [2.24, 2.45) is 4.99 Å². The van der Waals surface area contributed by atoms with Crippen LogP contribution in [0.2, 0.25) is 0 Å². The van der Waals surface area contributed by atoms with Crippen LogP contribution < -0.4 is 10.4 Å². The Morgan fingerprint density at radius 2 is 1.75 bits per heavy atom. The number of nitrogens with zero attached hydrogens (tertiary/aromatic N) is 2. The second-order valence-electron chi connectivity index (χ2n) is 4.57. The largest absolute Gasteiger partial charge is 0.285 e. The quantitative estimate of drug-likeness (QED) is 0.901. The molecule has 0 saturated heterocycles. The van der Waals surface area contributed by atoms with Crippen LogP contribution in [0.4, 0.5) is 11.4 Å². The molecule has 2 aromatic rings. The molecule has 3 nitrogen and oxygen atoms in total. The Kier molecular flexibility index (Phi) is 4.64. The van der Waals surface area contributed by atoms with Crippen molar-refractivity contribution in [1.29, 1.82) is 0 Å². The summed E-state index contributed by atoms with van der Waals surface area (Å²) in [5.41, 5.74) is 6.86. The lowest BCUT2D eigenvalue weighted by atomic mass is 10.1. The van der Waals surface area contributed by atoms with E-state index in [1.165, 1.54) is 5.56 Å². The van der Waals surface area contributed by atoms with Crippen molar-refractivity contribution in [3.8, 4) is 0 Å². The lowest BCUT2D eigenvalue weighted by Gasteiger charge is -2.25. The molecule has 0 unspecified atom stereocenters. The first-order valence-electron chi connectivity index (χ1n) is 6.61. The molecule has 0 aliphatic carbocycles. The maximum absolute atomic E-state index is 4.70. The Bertz CT molecular complexity index is 596. The number of amidine groups is 1. The van der Waals surface area contributed by atoms with Crippen molar-refractivity contribution in [3.05, 3.63) is 60.2 Å². The molecular weight excluding hydrogens is 270 g/mol. The van der Waals surface area contributed by atoms with Gasteiger partial charge in [-0.1, -0.05) is 43.3 Å². The average Bonchev–Trinajstić information content (AvgIpc) is 2.67. The molecule has 104 valence electrons. The van der Waals surface area contributed by atoms with Crippen LogP contribution >= 0.6 is 12.4 Å². The third kappa shape index (κ3) is 2.94. The number of hydrazine groups is 1. The molecule has 0 aromatic heterocycles. The lowest BCUT2D eigenvalue weighted by molar-refractivity contribution is 0.764. The molecule has 20 heavy (non-hydrogen) atoms. The summed E-state index contributed by atoms with van der Waals surface area (Å²) in [7, 11) is 0. The van der Waals surface area contributed by atoms with Crippen molar-refractivity contribution in [2.45, 2.75) is 19.9 Å². The number of hydrogen-bond acceptors (Lipinski definition) is 3. The zero-order valence-corrected chi connectivity index (χ0v) is 12.2. The van der Waals surface area contributed by atoms with Crippen LogP contribution in [0.15, 0.2) is 59.6 Å². The summed E-state index contributed by atoms with van der Waals surface area (Å²) in [5.74, 6) is 0.994. The van der Waals surface area contributed by atoms with Crippen molar-refractivity contribution in [3.63, 3.8) is 0 Å². The van der Waals surface area contributed by atoms with Gasteiger partial charge in [0.1, 0.15) is 5.84 Å². The molecular formula is C16H18ClN3. The van der Waals surface area contributed by atoms with Gasteiger partial charge in [0.15, 0.2) is 0 Å². The van der Waals surface area contributed by atoms with Gasteiger partial charge in [-0.05, 0) is 23.8 Å². The second kappa shape index (κ2) is 6.44. The first-order chi connectivity index (χ1) is 9.36. The third-order valence-corrected chi connectivity index (χ3v) is 3.24. The van der Waals surface area contributed by atoms with Crippen LogP contribution in [0.5, 0.6) is 0 Å². The zero-order valence-electron chi connectivity index (χ0n) is 11.4. The van der Waals surface area contributed by atoms with Gasteiger partial charge in [-0.3, -0.25) is 10.4 Å².